The summed E-state index contributed by atoms with van der Waals surface area (Å²) in [7, 11) is -0.606. The van der Waals surface area contributed by atoms with Crippen molar-refractivity contribution in [3.8, 4) is 0 Å². The lowest BCUT2D eigenvalue weighted by Crippen LogP contribution is -2.41. The van der Waals surface area contributed by atoms with Crippen LogP contribution in [0.1, 0.15) is 27.7 Å². The molecule has 1 aromatic carbocycles. The molecule has 0 spiro atoms. The molecule has 1 aliphatic rings. The molecule has 1 N–H and O–H groups in total. The number of nitrogens with zero attached hydrogens (tertiary/aromatic N) is 2. The topological polar surface area (TPSA) is 65.4 Å². The van der Waals surface area contributed by atoms with Crippen LogP contribution in [0.25, 0.3) is 0 Å². The average Bonchev–Trinajstić information content (AvgIpc) is 3.05. The molecule has 3 rings (SSSR count). The van der Waals surface area contributed by atoms with Crippen LogP contribution in [0, 0.1) is 5.82 Å². The van der Waals surface area contributed by atoms with Gasteiger partial charge >= 0.3 is 13.1 Å². The highest BCUT2D eigenvalue weighted by molar-refractivity contribution is 6.62. The van der Waals surface area contributed by atoms with E-state index in [0.29, 0.717) is 5.46 Å². The van der Waals surface area contributed by atoms with Crippen molar-refractivity contribution in [1.82, 2.24) is 9.78 Å². The number of amides is 1. The quantitative estimate of drug-likeness (QED) is 0.859. The lowest BCUT2D eigenvalue weighted by Gasteiger charge is -2.32. The number of carbonyl (C=O) groups excluding carboxylic acids is 1. The molecule has 0 unspecified atom stereocenters. The van der Waals surface area contributed by atoms with E-state index in [-0.39, 0.29) is 5.69 Å². The van der Waals surface area contributed by atoms with E-state index < -0.39 is 30.2 Å². The summed E-state index contributed by atoms with van der Waals surface area (Å²) in [5.41, 5.74) is -0.239. The Labute approximate surface area is 140 Å². The van der Waals surface area contributed by atoms with Crippen LogP contribution >= 0.6 is 0 Å². The molecule has 6 nitrogen and oxygen atoms in total. The van der Waals surface area contributed by atoms with Gasteiger partial charge in [-0.05, 0) is 39.8 Å². The Balaban J connectivity index is 1.75. The molecule has 0 aliphatic carbocycles. The molecule has 0 radical (unpaired) electrons. The minimum absolute atomic E-state index is 0.0928. The zero-order valence-electron chi connectivity index (χ0n) is 14.0. The molecular weight excluding hydrogens is 312 g/mol. The fourth-order valence-electron chi connectivity index (χ4n) is 2.28. The molecule has 2 aromatic rings. The Hall–Kier alpha value is -2.19. The molecule has 1 fully saturated rings. The van der Waals surface area contributed by atoms with Crippen molar-refractivity contribution < 1.29 is 18.5 Å². The number of nitrogens with one attached hydrogen (secondary N) is 1. The summed E-state index contributed by atoms with van der Waals surface area (Å²) >= 11 is 0. The molecule has 126 valence electrons. The zero-order valence-corrected chi connectivity index (χ0v) is 14.0. The van der Waals surface area contributed by atoms with Crippen molar-refractivity contribution >= 4 is 24.3 Å². The number of aromatic nitrogens is 2. The monoisotopic (exact) mass is 331 g/mol. The van der Waals surface area contributed by atoms with E-state index in [0.717, 1.165) is 4.68 Å². The summed E-state index contributed by atoms with van der Waals surface area (Å²) in [4.78, 5) is 12.2. The molecule has 1 aliphatic heterocycles. The van der Waals surface area contributed by atoms with Gasteiger partial charge in [-0.3, -0.25) is 0 Å². The van der Waals surface area contributed by atoms with Gasteiger partial charge in [-0.15, -0.1) is 0 Å². The third-order valence-corrected chi connectivity index (χ3v) is 4.45. The van der Waals surface area contributed by atoms with E-state index in [1.54, 1.807) is 12.1 Å². The Kier molecular flexibility index (Phi) is 3.97. The summed E-state index contributed by atoms with van der Waals surface area (Å²) in [6.45, 7) is 7.79. The van der Waals surface area contributed by atoms with Gasteiger partial charge < -0.3 is 14.6 Å². The van der Waals surface area contributed by atoms with Crippen LogP contribution in [0.2, 0.25) is 0 Å². The maximum Gasteiger partial charge on any atom is 0.498 e. The first-order valence-electron chi connectivity index (χ1n) is 7.66. The zero-order chi connectivity index (χ0) is 17.5. The van der Waals surface area contributed by atoms with Gasteiger partial charge in [0.1, 0.15) is 5.82 Å². The summed E-state index contributed by atoms with van der Waals surface area (Å²) in [5, 5.41) is 6.47. The maximum absolute atomic E-state index is 13.6. The van der Waals surface area contributed by atoms with Crippen molar-refractivity contribution in [3.63, 3.8) is 0 Å². The Morgan fingerprint density at radius 3 is 2.46 bits per heavy atom. The van der Waals surface area contributed by atoms with Crippen molar-refractivity contribution in [2.45, 2.75) is 38.9 Å². The minimum atomic E-state index is -0.606. The van der Waals surface area contributed by atoms with Gasteiger partial charge in [-0.1, -0.05) is 12.1 Å². The van der Waals surface area contributed by atoms with Crippen LogP contribution in [-0.2, 0) is 9.31 Å². The molecule has 24 heavy (non-hydrogen) atoms. The fourth-order valence-corrected chi connectivity index (χ4v) is 2.28. The van der Waals surface area contributed by atoms with Crippen molar-refractivity contribution in [2.24, 2.45) is 0 Å². The summed E-state index contributed by atoms with van der Waals surface area (Å²) in [6, 6.07) is 5.37. The highest BCUT2D eigenvalue weighted by atomic mass is 19.1. The van der Waals surface area contributed by atoms with Crippen LogP contribution < -0.4 is 10.8 Å². The number of hydrogen-bond donors (Lipinski definition) is 1. The average molecular weight is 331 g/mol. The number of para-hydroxylation sites is 1. The van der Waals surface area contributed by atoms with Crippen LogP contribution in [0.15, 0.2) is 36.7 Å². The normalized spacial score (nSPS) is 18.6. The van der Waals surface area contributed by atoms with E-state index in [1.165, 1.54) is 24.5 Å². The summed E-state index contributed by atoms with van der Waals surface area (Å²) < 4.78 is 26.5. The molecule has 1 aromatic heterocycles. The number of halogens is 1. The van der Waals surface area contributed by atoms with E-state index in [1.807, 2.05) is 27.7 Å². The van der Waals surface area contributed by atoms with Gasteiger partial charge in [0.25, 0.3) is 0 Å². The van der Waals surface area contributed by atoms with E-state index in [4.69, 9.17) is 9.31 Å². The van der Waals surface area contributed by atoms with Gasteiger partial charge in [0.2, 0.25) is 0 Å². The first-order chi connectivity index (χ1) is 11.2. The van der Waals surface area contributed by atoms with Crippen molar-refractivity contribution in [1.29, 1.82) is 0 Å². The predicted octanol–water partition coefficient (Wildman–Crippen LogP) is 2.40. The third-order valence-electron chi connectivity index (χ3n) is 4.45. The van der Waals surface area contributed by atoms with Gasteiger partial charge in [0, 0.05) is 17.9 Å². The summed E-state index contributed by atoms with van der Waals surface area (Å²) in [6.07, 6.45) is 3.02. The SMILES string of the molecule is CC1(C)OB(c2cnn(C(=O)Nc3ccccc3F)c2)OC1(C)C. The van der Waals surface area contributed by atoms with Gasteiger partial charge in [0.15, 0.2) is 0 Å². The molecular formula is C16H19BFN3O3. The van der Waals surface area contributed by atoms with Crippen LogP contribution in [0.5, 0.6) is 0 Å². The van der Waals surface area contributed by atoms with Crippen molar-refractivity contribution in [3.05, 3.63) is 42.5 Å². The smallest absolute Gasteiger partial charge is 0.399 e. The van der Waals surface area contributed by atoms with Gasteiger partial charge in [-0.2, -0.15) is 9.78 Å². The van der Waals surface area contributed by atoms with Crippen LogP contribution in [-0.4, -0.2) is 34.1 Å². The molecule has 1 amide bonds. The molecule has 0 saturated carbocycles. The molecule has 0 bridgehead atoms. The molecule has 8 heteroatoms. The maximum atomic E-state index is 13.6. The number of benzene rings is 1. The number of hydrogen-bond acceptors (Lipinski definition) is 4. The van der Waals surface area contributed by atoms with E-state index in [2.05, 4.69) is 10.4 Å². The first-order valence-corrected chi connectivity index (χ1v) is 7.66. The highest BCUT2D eigenvalue weighted by Gasteiger charge is 2.52. The Bertz CT molecular complexity index is 759. The molecule has 1 saturated heterocycles. The number of anilines is 1. The standard InChI is InChI=1S/C16H19BFN3O3/c1-15(2)16(3,4)24-17(23-15)11-9-19-21(10-11)14(22)20-13-8-6-5-7-12(13)18/h5-10H,1-4H3,(H,20,22). The first kappa shape index (κ1) is 16.7. The van der Waals surface area contributed by atoms with Crippen LogP contribution in [0.4, 0.5) is 14.9 Å². The second kappa shape index (κ2) is 5.72. The van der Waals surface area contributed by atoms with Crippen LogP contribution in [0.3, 0.4) is 0 Å². The number of rotatable bonds is 2. The lowest BCUT2D eigenvalue weighted by molar-refractivity contribution is 0.00578. The fraction of sp³-hybridized carbons (Fsp3) is 0.375. The Morgan fingerprint density at radius 2 is 1.83 bits per heavy atom. The van der Waals surface area contributed by atoms with Crippen molar-refractivity contribution in [2.75, 3.05) is 5.32 Å². The third kappa shape index (κ3) is 2.94. The number of carbonyl (C=O) groups is 1. The summed E-state index contributed by atoms with van der Waals surface area (Å²) in [5.74, 6) is -0.510. The second-order valence-corrected chi connectivity index (χ2v) is 6.72. The second-order valence-electron chi connectivity index (χ2n) is 6.72. The minimum Gasteiger partial charge on any atom is -0.399 e. The van der Waals surface area contributed by atoms with Gasteiger partial charge in [-0.25, -0.2) is 9.18 Å². The Morgan fingerprint density at radius 1 is 1.21 bits per heavy atom. The largest absolute Gasteiger partial charge is 0.498 e. The van der Waals surface area contributed by atoms with Gasteiger partial charge in [0.05, 0.1) is 16.9 Å². The van der Waals surface area contributed by atoms with E-state index >= 15 is 0 Å². The lowest BCUT2D eigenvalue weighted by atomic mass is 9.82. The van der Waals surface area contributed by atoms with E-state index in [9.17, 15) is 9.18 Å². The highest BCUT2D eigenvalue weighted by Crippen LogP contribution is 2.36. The molecule has 0 atom stereocenters. The molecule has 2 heterocycles. The predicted molar refractivity (Wildman–Crippen MR) is 88.8 cm³/mol.